The second kappa shape index (κ2) is 5.68. The van der Waals surface area contributed by atoms with Gasteiger partial charge >= 0.3 is 0 Å². The van der Waals surface area contributed by atoms with Crippen molar-refractivity contribution in [3.8, 4) is 0 Å². The number of para-hydroxylation sites is 1. The summed E-state index contributed by atoms with van der Waals surface area (Å²) in [5.74, 6) is 0. The number of benzene rings is 1. The van der Waals surface area contributed by atoms with Crippen LogP contribution in [0.2, 0.25) is 0 Å². The molecule has 1 aliphatic heterocycles. The molecule has 2 heteroatoms. The highest BCUT2D eigenvalue weighted by Crippen LogP contribution is 2.46. The third-order valence-electron chi connectivity index (χ3n) is 3.99. The van der Waals surface area contributed by atoms with Crippen LogP contribution < -0.4 is 10.6 Å². The number of likely N-dealkylation sites (N-methyl/N-ethyl adjacent to an activating group) is 1. The lowest BCUT2D eigenvalue weighted by Crippen LogP contribution is -2.22. The number of anilines is 1. The molecule has 0 saturated carbocycles. The van der Waals surface area contributed by atoms with E-state index in [-0.39, 0.29) is 5.41 Å². The number of rotatable bonds is 3. The molecule has 0 saturated heterocycles. The molecule has 0 spiro atoms. The Bertz CT molecular complexity index is 577. The smallest absolute Gasteiger partial charge is 0.0447 e. The van der Waals surface area contributed by atoms with E-state index >= 15 is 0 Å². The average molecular weight is 268 g/mol. The van der Waals surface area contributed by atoms with E-state index in [1.807, 2.05) is 6.08 Å². The van der Waals surface area contributed by atoms with Crippen molar-refractivity contribution < 1.29 is 0 Å². The summed E-state index contributed by atoms with van der Waals surface area (Å²) < 4.78 is 0. The van der Waals surface area contributed by atoms with Gasteiger partial charge in [0.1, 0.15) is 0 Å². The maximum Gasteiger partial charge on any atom is 0.0447 e. The van der Waals surface area contributed by atoms with Crippen LogP contribution in [0.25, 0.3) is 0 Å². The molecule has 0 aromatic heterocycles. The minimum Gasteiger partial charge on any atom is -0.347 e. The first kappa shape index (κ1) is 14.6. The highest BCUT2D eigenvalue weighted by Gasteiger charge is 2.37. The summed E-state index contributed by atoms with van der Waals surface area (Å²) in [5, 5.41) is 0. The number of hydrogen-bond acceptors (Lipinski definition) is 2. The molecule has 2 rings (SSSR count). The highest BCUT2D eigenvalue weighted by atomic mass is 15.2. The first-order chi connectivity index (χ1) is 9.48. The van der Waals surface area contributed by atoms with Crippen molar-refractivity contribution in [3.05, 3.63) is 65.4 Å². The molecule has 0 unspecified atom stereocenters. The number of nitrogens with two attached hydrogens (primary N) is 1. The molecule has 1 aromatic carbocycles. The van der Waals surface area contributed by atoms with Crippen molar-refractivity contribution in [2.75, 3.05) is 18.5 Å². The lowest BCUT2D eigenvalue weighted by molar-refractivity contribution is 0.640. The molecule has 0 amide bonds. The Labute approximate surface area is 122 Å². The lowest BCUT2D eigenvalue weighted by atomic mass is 9.84. The van der Waals surface area contributed by atoms with E-state index < -0.39 is 0 Å². The van der Waals surface area contributed by atoms with Gasteiger partial charge < -0.3 is 10.6 Å². The van der Waals surface area contributed by atoms with Crippen molar-refractivity contribution in [1.29, 1.82) is 0 Å². The van der Waals surface area contributed by atoms with Crippen molar-refractivity contribution >= 4 is 5.69 Å². The van der Waals surface area contributed by atoms with E-state index in [0.717, 1.165) is 0 Å². The summed E-state index contributed by atoms with van der Waals surface area (Å²) in [5.41, 5.74) is 10.7. The zero-order valence-corrected chi connectivity index (χ0v) is 12.9. The van der Waals surface area contributed by atoms with Gasteiger partial charge in [-0.15, -0.1) is 0 Å². The lowest BCUT2D eigenvalue weighted by Gasteiger charge is -2.23. The molecular formula is C18H24N2. The van der Waals surface area contributed by atoms with Gasteiger partial charge in [-0.05, 0) is 24.6 Å². The predicted molar refractivity (Wildman–Crippen MR) is 87.9 cm³/mol. The fourth-order valence-corrected chi connectivity index (χ4v) is 2.85. The largest absolute Gasteiger partial charge is 0.347 e. The maximum atomic E-state index is 5.51. The fourth-order valence-electron chi connectivity index (χ4n) is 2.85. The molecule has 0 atom stereocenters. The van der Waals surface area contributed by atoms with E-state index in [1.165, 1.54) is 22.5 Å². The molecule has 0 radical (unpaired) electrons. The van der Waals surface area contributed by atoms with Crippen LogP contribution in [0.15, 0.2) is 59.8 Å². The van der Waals surface area contributed by atoms with Crippen molar-refractivity contribution in [2.24, 2.45) is 5.73 Å². The summed E-state index contributed by atoms with van der Waals surface area (Å²) in [6, 6.07) is 8.61. The number of fused-ring (bicyclic) bond motifs is 1. The van der Waals surface area contributed by atoms with Gasteiger partial charge in [0.05, 0.1) is 0 Å². The predicted octanol–water partition coefficient (Wildman–Crippen LogP) is 3.76. The Morgan fingerprint density at radius 1 is 1.30 bits per heavy atom. The van der Waals surface area contributed by atoms with E-state index in [2.05, 4.69) is 75.2 Å². The molecule has 1 aliphatic rings. The summed E-state index contributed by atoms with van der Waals surface area (Å²) in [6.07, 6.45) is 8.44. The van der Waals surface area contributed by atoms with Crippen LogP contribution in [0, 0.1) is 0 Å². The Balaban J connectivity index is 2.33. The SMILES string of the molecule is CC(/C=C/C=C1\N(C)c2ccccc2C1(C)C)=C\CN. The molecule has 2 nitrogen and oxygen atoms in total. The molecule has 2 N–H and O–H groups in total. The van der Waals surface area contributed by atoms with Gasteiger partial charge in [0.15, 0.2) is 0 Å². The van der Waals surface area contributed by atoms with Crippen LogP contribution in [0.5, 0.6) is 0 Å². The Hall–Kier alpha value is -1.80. The second-order valence-corrected chi connectivity index (χ2v) is 5.80. The van der Waals surface area contributed by atoms with Crippen molar-refractivity contribution in [3.63, 3.8) is 0 Å². The van der Waals surface area contributed by atoms with Crippen molar-refractivity contribution in [1.82, 2.24) is 0 Å². The molecular weight excluding hydrogens is 244 g/mol. The maximum absolute atomic E-state index is 5.51. The van der Waals surface area contributed by atoms with E-state index in [1.54, 1.807) is 0 Å². The zero-order valence-electron chi connectivity index (χ0n) is 12.9. The number of nitrogens with zero attached hydrogens (tertiary/aromatic N) is 1. The van der Waals surface area contributed by atoms with Gasteiger partial charge in [-0.2, -0.15) is 0 Å². The average Bonchev–Trinajstić information content (AvgIpc) is 2.61. The molecule has 20 heavy (non-hydrogen) atoms. The van der Waals surface area contributed by atoms with E-state index in [0.29, 0.717) is 6.54 Å². The van der Waals surface area contributed by atoms with Crippen LogP contribution in [-0.2, 0) is 5.41 Å². The topological polar surface area (TPSA) is 29.3 Å². The van der Waals surface area contributed by atoms with Gasteiger partial charge in [-0.25, -0.2) is 0 Å². The molecule has 1 heterocycles. The van der Waals surface area contributed by atoms with Gasteiger partial charge in [0.25, 0.3) is 0 Å². The highest BCUT2D eigenvalue weighted by molar-refractivity contribution is 5.70. The molecule has 106 valence electrons. The summed E-state index contributed by atoms with van der Waals surface area (Å²) in [6.45, 7) is 7.21. The molecule has 1 aromatic rings. The molecule has 0 fully saturated rings. The normalized spacial score (nSPS) is 19.9. The van der Waals surface area contributed by atoms with Gasteiger partial charge in [0.2, 0.25) is 0 Å². The molecule has 0 bridgehead atoms. The number of hydrogen-bond donors (Lipinski definition) is 1. The Morgan fingerprint density at radius 3 is 2.65 bits per heavy atom. The minimum atomic E-state index is 0.0428. The standard InChI is InChI=1S/C18H24N2/c1-14(12-13-19)8-7-11-17-18(2,3)15-9-5-6-10-16(15)20(17)4/h5-12H,13,19H2,1-4H3/b8-7+,14-12+,17-11-. The third kappa shape index (κ3) is 2.56. The fraction of sp³-hybridized carbons (Fsp3) is 0.333. The summed E-state index contributed by atoms with van der Waals surface area (Å²) in [7, 11) is 2.13. The second-order valence-electron chi connectivity index (χ2n) is 5.80. The Kier molecular flexibility index (Phi) is 4.15. The first-order valence-electron chi connectivity index (χ1n) is 7.07. The van der Waals surface area contributed by atoms with Gasteiger partial charge in [0, 0.05) is 30.4 Å². The monoisotopic (exact) mass is 268 g/mol. The Morgan fingerprint density at radius 2 is 2.00 bits per heavy atom. The zero-order chi connectivity index (χ0) is 14.8. The van der Waals surface area contributed by atoms with Gasteiger partial charge in [-0.3, -0.25) is 0 Å². The molecule has 0 aliphatic carbocycles. The summed E-state index contributed by atoms with van der Waals surface area (Å²) >= 11 is 0. The van der Waals surface area contributed by atoms with E-state index in [9.17, 15) is 0 Å². The van der Waals surface area contributed by atoms with Crippen LogP contribution in [0.4, 0.5) is 5.69 Å². The van der Waals surface area contributed by atoms with Gasteiger partial charge in [-0.1, -0.05) is 55.8 Å². The van der Waals surface area contributed by atoms with Crippen LogP contribution in [-0.4, -0.2) is 13.6 Å². The third-order valence-corrected chi connectivity index (χ3v) is 3.99. The first-order valence-corrected chi connectivity index (χ1v) is 7.07. The van der Waals surface area contributed by atoms with E-state index in [4.69, 9.17) is 5.73 Å². The number of allylic oxidation sites excluding steroid dienone is 5. The van der Waals surface area contributed by atoms with Crippen LogP contribution >= 0.6 is 0 Å². The minimum absolute atomic E-state index is 0.0428. The quantitative estimate of drug-likeness (QED) is 0.846. The summed E-state index contributed by atoms with van der Waals surface area (Å²) in [4.78, 5) is 2.28. The van der Waals surface area contributed by atoms with Crippen LogP contribution in [0.1, 0.15) is 26.3 Å². The van der Waals surface area contributed by atoms with Crippen molar-refractivity contribution in [2.45, 2.75) is 26.2 Å². The van der Waals surface area contributed by atoms with Crippen LogP contribution in [0.3, 0.4) is 0 Å².